The van der Waals surface area contributed by atoms with Gasteiger partial charge >= 0.3 is 0 Å². The molecule has 0 aliphatic rings. The molecule has 0 N–H and O–H groups in total. The van der Waals surface area contributed by atoms with Crippen molar-refractivity contribution in [3.05, 3.63) is 35.4 Å². The van der Waals surface area contributed by atoms with E-state index in [-0.39, 0.29) is 18.4 Å². The summed E-state index contributed by atoms with van der Waals surface area (Å²) < 4.78 is 0. The van der Waals surface area contributed by atoms with Crippen LogP contribution in [0.15, 0.2) is 24.3 Å². The highest BCUT2D eigenvalue weighted by Crippen LogP contribution is 2.24. The van der Waals surface area contributed by atoms with Crippen molar-refractivity contribution in [3.8, 4) is 6.07 Å². The molecule has 0 saturated carbocycles. The van der Waals surface area contributed by atoms with Crippen molar-refractivity contribution in [1.82, 2.24) is 4.90 Å². The molecule has 3 heteroatoms. The van der Waals surface area contributed by atoms with Crippen LogP contribution in [-0.2, 0) is 4.79 Å². The third-order valence-corrected chi connectivity index (χ3v) is 3.22. The molecule has 3 nitrogen and oxygen atoms in total. The highest BCUT2D eigenvalue weighted by Gasteiger charge is 2.22. The Morgan fingerprint density at radius 1 is 1.32 bits per heavy atom. The first-order valence-corrected chi connectivity index (χ1v) is 6.69. The summed E-state index contributed by atoms with van der Waals surface area (Å²) in [5.41, 5.74) is 2.32. The minimum atomic E-state index is -0.0908. The molecule has 0 spiro atoms. The molecule has 0 heterocycles. The maximum absolute atomic E-state index is 12.1. The summed E-state index contributed by atoms with van der Waals surface area (Å²) in [6, 6.07) is 10.0. The van der Waals surface area contributed by atoms with Gasteiger partial charge in [0, 0.05) is 6.54 Å². The Morgan fingerprint density at radius 3 is 2.47 bits per heavy atom. The molecule has 0 aromatic heterocycles. The molecule has 1 atom stereocenters. The van der Waals surface area contributed by atoms with Crippen molar-refractivity contribution in [2.24, 2.45) is 5.92 Å². The molecule has 0 radical (unpaired) electrons. The Hall–Kier alpha value is -1.82. The van der Waals surface area contributed by atoms with E-state index in [4.69, 9.17) is 5.26 Å². The quantitative estimate of drug-likeness (QED) is 0.812. The van der Waals surface area contributed by atoms with Crippen LogP contribution in [0.25, 0.3) is 0 Å². The van der Waals surface area contributed by atoms with Crippen molar-refractivity contribution in [2.75, 3.05) is 6.54 Å². The van der Waals surface area contributed by atoms with Gasteiger partial charge in [0.25, 0.3) is 0 Å². The van der Waals surface area contributed by atoms with Gasteiger partial charge in [0.2, 0.25) is 5.91 Å². The summed E-state index contributed by atoms with van der Waals surface area (Å²) in [6.07, 6.45) is -0.0526. The SMILES string of the molecule is Cc1ccccc1C(C)N(CC(C)C)C(=O)CC#N. The molecule has 102 valence electrons. The summed E-state index contributed by atoms with van der Waals surface area (Å²) in [7, 11) is 0. The molecule has 0 bridgehead atoms. The molecule has 1 amide bonds. The molecule has 19 heavy (non-hydrogen) atoms. The van der Waals surface area contributed by atoms with Crippen molar-refractivity contribution in [1.29, 1.82) is 5.26 Å². The van der Waals surface area contributed by atoms with Gasteiger partial charge in [-0.15, -0.1) is 0 Å². The summed E-state index contributed by atoms with van der Waals surface area (Å²) in [4.78, 5) is 13.9. The third-order valence-electron chi connectivity index (χ3n) is 3.22. The third kappa shape index (κ3) is 4.10. The number of aryl methyl sites for hydroxylation is 1. The van der Waals surface area contributed by atoms with Gasteiger partial charge in [-0.3, -0.25) is 4.79 Å². The Balaban J connectivity index is 3.01. The van der Waals surface area contributed by atoms with Crippen molar-refractivity contribution in [2.45, 2.75) is 40.2 Å². The smallest absolute Gasteiger partial charge is 0.237 e. The average molecular weight is 258 g/mol. The molecule has 0 aliphatic carbocycles. The van der Waals surface area contributed by atoms with E-state index < -0.39 is 0 Å². The zero-order chi connectivity index (χ0) is 14.4. The lowest BCUT2D eigenvalue weighted by Crippen LogP contribution is -2.36. The van der Waals surface area contributed by atoms with Crippen molar-refractivity contribution >= 4 is 5.91 Å². The summed E-state index contributed by atoms with van der Waals surface area (Å²) in [5, 5.41) is 8.73. The minimum absolute atomic E-state index is 0.00412. The predicted octanol–water partition coefficient (Wildman–Crippen LogP) is 3.45. The second-order valence-corrected chi connectivity index (χ2v) is 5.31. The number of carbonyl (C=O) groups is 1. The summed E-state index contributed by atoms with van der Waals surface area (Å²) in [5.74, 6) is 0.293. The van der Waals surface area contributed by atoms with Gasteiger partial charge in [-0.1, -0.05) is 38.1 Å². The zero-order valence-corrected chi connectivity index (χ0v) is 12.2. The highest BCUT2D eigenvalue weighted by molar-refractivity contribution is 5.78. The normalized spacial score (nSPS) is 12.0. The molecular weight excluding hydrogens is 236 g/mol. The van der Waals surface area contributed by atoms with E-state index >= 15 is 0 Å². The summed E-state index contributed by atoms with van der Waals surface area (Å²) in [6.45, 7) is 8.92. The van der Waals surface area contributed by atoms with E-state index in [2.05, 4.69) is 13.8 Å². The second kappa shape index (κ2) is 6.94. The van der Waals surface area contributed by atoms with Crippen LogP contribution in [0, 0.1) is 24.2 Å². The lowest BCUT2D eigenvalue weighted by molar-refractivity contribution is -0.132. The Morgan fingerprint density at radius 2 is 1.95 bits per heavy atom. The van der Waals surface area contributed by atoms with E-state index in [1.807, 2.05) is 49.1 Å². The van der Waals surface area contributed by atoms with Crippen molar-refractivity contribution in [3.63, 3.8) is 0 Å². The monoisotopic (exact) mass is 258 g/mol. The Kier molecular flexibility index (Phi) is 5.57. The first-order chi connectivity index (χ1) is 8.97. The van der Waals surface area contributed by atoms with Gasteiger partial charge in [-0.2, -0.15) is 5.26 Å². The molecule has 1 aromatic rings. The average Bonchev–Trinajstić information content (AvgIpc) is 2.36. The highest BCUT2D eigenvalue weighted by atomic mass is 16.2. The number of hydrogen-bond acceptors (Lipinski definition) is 2. The molecule has 0 saturated heterocycles. The fourth-order valence-corrected chi connectivity index (χ4v) is 2.26. The second-order valence-electron chi connectivity index (χ2n) is 5.31. The van der Waals surface area contributed by atoms with Gasteiger partial charge in [0.15, 0.2) is 0 Å². The predicted molar refractivity (Wildman–Crippen MR) is 76.4 cm³/mol. The number of nitrogens with zero attached hydrogens (tertiary/aromatic N) is 2. The molecule has 1 rings (SSSR count). The standard InChI is InChI=1S/C16H22N2O/c1-12(2)11-18(16(19)9-10-17)14(4)15-8-6-5-7-13(15)3/h5-8,12,14H,9,11H2,1-4H3. The molecule has 1 aromatic carbocycles. The van der Waals surface area contributed by atoms with E-state index in [0.29, 0.717) is 12.5 Å². The maximum Gasteiger partial charge on any atom is 0.237 e. The molecular formula is C16H22N2O. The van der Waals surface area contributed by atoms with Gasteiger partial charge in [-0.25, -0.2) is 0 Å². The van der Waals surface area contributed by atoms with Crippen LogP contribution >= 0.6 is 0 Å². The van der Waals surface area contributed by atoms with Crippen LogP contribution in [0.3, 0.4) is 0 Å². The topological polar surface area (TPSA) is 44.1 Å². The number of rotatable bonds is 5. The fraction of sp³-hybridized carbons (Fsp3) is 0.500. The Bertz CT molecular complexity index is 474. The van der Waals surface area contributed by atoms with E-state index in [9.17, 15) is 4.79 Å². The van der Waals surface area contributed by atoms with Crippen LogP contribution < -0.4 is 0 Å². The maximum atomic E-state index is 12.1. The van der Waals surface area contributed by atoms with Gasteiger partial charge in [-0.05, 0) is 30.9 Å². The van der Waals surface area contributed by atoms with Gasteiger partial charge < -0.3 is 4.90 Å². The van der Waals surface area contributed by atoms with Crippen LogP contribution in [0.2, 0.25) is 0 Å². The van der Waals surface area contributed by atoms with E-state index in [1.165, 1.54) is 5.56 Å². The lowest BCUT2D eigenvalue weighted by atomic mass is 10.00. The van der Waals surface area contributed by atoms with Crippen molar-refractivity contribution < 1.29 is 4.79 Å². The first-order valence-electron chi connectivity index (χ1n) is 6.69. The van der Waals surface area contributed by atoms with Gasteiger partial charge in [0.1, 0.15) is 6.42 Å². The lowest BCUT2D eigenvalue weighted by Gasteiger charge is -2.31. The molecule has 1 unspecified atom stereocenters. The van der Waals surface area contributed by atoms with E-state index in [1.54, 1.807) is 0 Å². The number of benzene rings is 1. The largest absolute Gasteiger partial charge is 0.335 e. The number of amides is 1. The number of hydrogen-bond donors (Lipinski definition) is 0. The van der Waals surface area contributed by atoms with E-state index in [0.717, 1.165) is 5.56 Å². The zero-order valence-electron chi connectivity index (χ0n) is 12.2. The summed E-state index contributed by atoms with van der Waals surface area (Å²) >= 11 is 0. The minimum Gasteiger partial charge on any atom is -0.335 e. The molecule has 0 fully saturated rings. The van der Waals surface area contributed by atoms with Crippen LogP contribution in [0.4, 0.5) is 0 Å². The van der Waals surface area contributed by atoms with Crippen LogP contribution in [0.1, 0.15) is 44.4 Å². The molecule has 0 aliphatic heterocycles. The van der Waals surface area contributed by atoms with Gasteiger partial charge in [0.05, 0.1) is 12.1 Å². The van der Waals surface area contributed by atoms with Crippen LogP contribution in [0.5, 0.6) is 0 Å². The number of carbonyl (C=O) groups excluding carboxylic acids is 1. The number of nitriles is 1. The first kappa shape index (κ1) is 15.2. The fourth-order valence-electron chi connectivity index (χ4n) is 2.26. The Labute approximate surface area is 115 Å². The van der Waals surface area contributed by atoms with Crippen LogP contribution in [-0.4, -0.2) is 17.4 Å².